The lowest BCUT2D eigenvalue weighted by molar-refractivity contribution is 0.491. The second kappa shape index (κ2) is 11.4. The number of alkyl halides is 1. The third-order valence-corrected chi connectivity index (χ3v) is 5.75. The monoisotopic (exact) mass is 410 g/mol. The van der Waals surface area contributed by atoms with Gasteiger partial charge < -0.3 is 10.2 Å². The Morgan fingerprint density at radius 3 is 2.68 bits per heavy atom. The largest absolute Gasteiger partial charge is 0.382 e. The smallest absolute Gasteiger partial charge is 0.154 e. The summed E-state index contributed by atoms with van der Waals surface area (Å²) in [5.74, 6) is -0.542. The van der Waals surface area contributed by atoms with Gasteiger partial charge in [-0.1, -0.05) is 31.4 Å². The molecule has 1 aliphatic heterocycles. The van der Waals surface area contributed by atoms with Crippen LogP contribution in [-0.2, 0) is 9.84 Å². The highest BCUT2D eigenvalue weighted by atomic mass is 32.2. The molecule has 0 bridgehead atoms. The van der Waals surface area contributed by atoms with Crippen LogP contribution in [0.5, 0.6) is 0 Å². The van der Waals surface area contributed by atoms with Crippen molar-refractivity contribution in [2.24, 2.45) is 0 Å². The predicted molar refractivity (Wildman–Crippen MR) is 113 cm³/mol. The van der Waals surface area contributed by atoms with Crippen molar-refractivity contribution in [3.8, 4) is 0 Å². The molecule has 1 N–H and O–H groups in total. The summed E-state index contributed by atoms with van der Waals surface area (Å²) in [5.41, 5.74) is 3.03. The van der Waals surface area contributed by atoms with E-state index in [4.69, 9.17) is 0 Å². The Balaban J connectivity index is 2.98. The molecule has 1 heterocycles. The number of nitrogens with one attached hydrogen (secondary N) is 1. The summed E-state index contributed by atoms with van der Waals surface area (Å²) in [6, 6.07) is 0. The molecule has 0 aromatic carbocycles. The van der Waals surface area contributed by atoms with Crippen molar-refractivity contribution in [2.75, 3.05) is 31.8 Å². The average Bonchev–Trinajstić information content (AvgIpc) is 2.62. The molecule has 0 aromatic heterocycles. The molecule has 0 atom stereocenters. The zero-order valence-electron chi connectivity index (χ0n) is 16.4. The van der Waals surface area contributed by atoms with Crippen molar-refractivity contribution in [3.05, 3.63) is 84.2 Å². The molecular formula is C21H28F2N2O2S. The molecule has 1 aliphatic rings. The Morgan fingerprint density at radius 2 is 2.07 bits per heavy atom. The van der Waals surface area contributed by atoms with E-state index in [9.17, 15) is 17.2 Å². The summed E-state index contributed by atoms with van der Waals surface area (Å²) < 4.78 is 49.4. The number of hydrogen-bond donors (Lipinski definition) is 1. The van der Waals surface area contributed by atoms with Gasteiger partial charge in [-0.15, -0.1) is 0 Å². The van der Waals surface area contributed by atoms with Gasteiger partial charge in [0, 0.05) is 37.1 Å². The lowest BCUT2D eigenvalue weighted by Gasteiger charge is -2.29. The SMILES string of the molecule is C=C/C=C(\C)N(C)C1=C(/C=C/CNC(/C=C\C(=C)F)=C/CF)CS(=O)(=O)CC1. The Bertz CT molecular complexity index is 834. The standard InChI is InChI=1S/C21H28F2N2O2S/c1-5-7-18(3)25(4)21-12-15-28(26,27)16-19(21)8-6-14-24-20(11-13-22)10-9-17(2)23/h5-11,24H,1-2,12-16H2,3-4H3/b8-6+,10-9-,18-7+,20-11+. The van der Waals surface area contributed by atoms with Gasteiger partial charge in [-0.2, -0.15) is 0 Å². The van der Waals surface area contributed by atoms with E-state index in [1.54, 1.807) is 18.2 Å². The summed E-state index contributed by atoms with van der Waals surface area (Å²) in [6.07, 6.45) is 11.3. The fourth-order valence-corrected chi connectivity index (χ4v) is 4.05. The van der Waals surface area contributed by atoms with Crippen LogP contribution in [0.1, 0.15) is 13.3 Å². The lowest BCUT2D eigenvalue weighted by atomic mass is 10.1. The van der Waals surface area contributed by atoms with Gasteiger partial charge >= 0.3 is 0 Å². The van der Waals surface area contributed by atoms with Crippen LogP contribution in [0.2, 0.25) is 0 Å². The van der Waals surface area contributed by atoms with Crippen molar-refractivity contribution in [1.82, 2.24) is 10.2 Å². The molecule has 0 radical (unpaired) electrons. The molecule has 0 saturated carbocycles. The summed E-state index contributed by atoms with van der Waals surface area (Å²) in [5, 5.41) is 2.95. The fourth-order valence-electron chi connectivity index (χ4n) is 2.67. The number of rotatable bonds is 10. The van der Waals surface area contributed by atoms with Crippen molar-refractivity contribution in [2.45, 2.75) is 13.3 Å². The molecule has 0 fully saturated rings. The molecule has 0 aliphatic carbocycles. The van der Waals surface area contributed by atoms with Gasteiger partial charge in [0.1, 0.15) is 12.5 Å². The molecule has 0 unspecified atom stereocenters. The maximum atomic E-state index is 12.7. The first-order chi connectivity index (χ1) is 13.2. The number of sulfone groups is 1. The second-order valence-electron chi connectivity index (χ2n) is 6.29. The number of halogens is 2. The van der Waals surface area contributed by atoms with Crippen LogP contribution in [0.25, 0.3) is 0 Å². The van der Waals surface area contributed by atoms with E-state index < -0.39 is 22.3 Å². The number of hydrogen-bond acceptors (Lipinski definition) is 4. The minimum Gasteiger partial charge on any atom is -0.382 e. The summed E-state index contributed by atoms with van der Waals surface area (Å²) >= 11 is 0. The molecule has 0 saturated heterocycles. The summed E-state index contributed by atoms with van der Waals surface area (Å²) in [6.45, 7) is 8.37. The van der Waals surface area contributed by atoms with Crippen LogP contribution in [0, 0.1) is 0 Å². The van der Waals surface area contributed by atoms with Crippen LogP contribution in [0.3, 0.4) is 0 Å². The van der Waals surface area contributed by atoms with Crippen molar-refractivity contribution in [3.63, 3.8) is 0 Å². The Labute approximate surface area is 166 Å². The summed E-state index contributed by atoms with van der Waals surface area (Å²) in [4.78, 5) is 1.97. The fraction of sp³-hybridized carbons (Fsp3) is 0.333. The van der Waals surface area contributed by atoms with Gasteiger partial charge in [0.15, 0.2) is 9.84 Å². The van der Waals surface area contributed by atoms with Crippen LogP contribution in [0.4, 0.5) is 8.78 Å². The summed E-state index contributed by atoms with van der Waals surface area (Å²) in [7, 11) is -1.24. The van der Waals surface area contributed by atoms with Crippen LogP contribution >= 0.6 is 0 Å². The molecule has 154 valence electrons. The lowest BCUT2D eigenvalue weighted by Crippen LogP contribution is -2.27. The first-order valence-electron chi connectivity index (χ1n) is 8.84. The van der Waals surface area contributed by atoms with E-state index in [0.717, 1.165) is 23.0 Å². The minimum atomic E-state index is -3.14. The highest BCUT2D eigenvalue weighted by Crippen LogP contribution is 2.25. The van der Waals surface area contributed by atoms with Gasteiger partial charge in [0.2, 0.25) is 0 Å². The highest BCUT2D eigenvalue weighted by molar-refractivity contribution is 7.91. The third-order valence-electron chi connectivity index (χ3n) is 4.17. The average molecular weight is 411 g/mol. The highest BCUT2D eigenvalue weighted by Gasteiger charge is 2.24. The molecular weight excluding hydrogens is 382 g/mol. The quantitative estimate of drug-likeness (QED) is 0.551. The van der Waals surface area contributed by atoms with E-state index in [0.29, 0.717) is 18.7 Å². The van der Waals surface area contributed by atoms with Gasteiger partial charge in [-0.05, 0) is 36.8 Å². The Hall–Kier alpha value is -2.41. The van der Waals surface area contributed by atoms with Crippen LogP contribution < -0.4 is 5.32 Å². The van der Waals surface area contributed by atoms with Gasteiger partial charge in [-0.25, -0.2) is 17.2 Å². The molecule has 7 heteroatoms. The van der Waals surface area contributed by atoms with E-state index in [-0.39, 0.29) is 11.5 Å². The zero-order chi connectivity index (χ0) is 21.2. The maximum Gasteiger partial charge on any atom is 0.154 e. The normalized spacial score (nSPS) is 18.0. The van der Waals surface area contributed by atoms with Crippen molar-refractivity contribution < 1.29 is 17.2 Å². The van der Waals surface area contributed by atoms with Crippen LogP contribution in [0.15, 0.2) is 84.2 Å². The molecule has 0 aromatic rings. The molecule has 1 rings (SSSR count). The van der Waals surface area contributed by atoms with Crippen LogP contribution in [-0.4, -0.2) is 45.1 Å². The molecule has 0 amide bonds. The van der Waals surface area contributed by atoms with Gasteiger partial charge in [0.05, 0.1) is 11.5 Å². The maximum absolute atomic E-state index is 12.7. The minimum absolute atomic E-state index is 0.0285. The van der Waals surface area contributed by atoms with E-state index in [1.165, 1.54) is 12.2 Å². The van der Waals surface area contributed by atoms with E-state index in [1.807, 2.05) is 24.9 Å². The zero-order valence-corrected chi connectivity index (χ0v) is 17.2. The molecule has 28 heavy (non-hydrogen) atoms. The third kappa shape index (κ3) is 8.08. The van der Waals surface area contributed by atoms with E-state index >= 15 is 0 Å². The predicted octanol–water partition coefficient (Wildman–Crippen LogP) is 4.12. The first kappa shape index (κ1) is 23.6. The van der Waals surface area contributed by atoms with E-state index in [2.05, 4.69) is 18.5 Å². The molecule has 0 spiro atoms. The first-order valence-corrected chi connectivity index (χ1v) is 10.7. The number of allylic oxidation sites excluding steroid dienone is 9. The van der Waals surface area contributed by atoms with Crippen molar-refractivity contribution in [1.29, 1.82) is 0 Å². The van der Waals surface area contributed by atoms with Gasteiger partial charge in [0.25, 0.3) is 0 Å². The topological polar surface area (TPSA) is 49.4 Å². The van der Waals surface area contributed by atoms with Crippen molar-refractivity contribution >= 4 is 9.84 Å². The Kier molecular flexibility index (Phi) is 9.65. The molecule has 4 nitrogen and oxygen atoms in total. The second-order valence-corrected chi connectivity index (χ2v) is 8.48. The Morgan fingerprint density at radius 1 is 1.36 bits per heavy atom. The van der Waals surface area contributed by atoms with Gasteiger partial charge in [-0.3, -0.25) is 0 Å². The number of nitrogens with zero attached hydrogens (tertiary/aromatic N) is 1.